The van der Waals surface area contributed by atoms with E-state index in [0.717, 1.165) is 12.3 Å². The Morgan fingerprint density at radius 2 is 1.78 bits per heavy atom. The van der Waals surface area contributed by atoms with E-state index in [1.54, 1.807) is 0 Å². The van der Waals surface area contributed by atoms with Gasteiger partial charge in [-0.25, -0.2) is 0 Å². The van der Waals surface area contributed by atoms with E-state index in [0.29, 0.717) is 19.2 Å². The third-order valence-electron chi connectivity index (χ3n) is 4.33. The summed E-state index contributed by atoms with van der Waals surface area (Å²) in [7, 11) is 0. The number of para-hydroxylation sites is 1. The largest absolute Gasteiger partial charge is 0.491 e. The maximum absolute atomic E-state index is 10.3. The van der Waals surface area contributed by atoms with Crippen LogP contribution in [0.4, 0.5) is 0 Å². The molecule has 3 rings (SSSR count). The number of benzene rings is 2. The van der Waals surface area contributed by atoms with Gasteiger partial charge in [0.05, 0.1) is 0 Å². The lowest BCUT2D eigenvalue weighted by atomic mass is 10.1. The number of hydrogen-bond donors (Lipinski definition) is 1. The number of aliphatic hydroxyl groups excluding tert-OH is 1. The molecule has 2 aromatic carbocycles. The molecular formula is C20H25NO2. The summed E-state index contributed by atoms with van der Waals surface area (Å²) in [6.07, 6.45) is 2.00. The second-order valence-electron chi connectivity index (χ2n) is 6.36. The summed E-state index contributed by atoms with van der Waals surface area (Å²) in [5.74, 6) is 0.809. The Bertz CT molecular complexity index is 610. The molecule has 1 aliphatic rings. The predicted octanol–water partition coefficient (Wildman–Crippen LogP) is 3.40. The highest BCUT2D eigenvalue weighted by molar-refractivity contribution is 5.25. The van der Waals surface area contributed by atoms with Crippen LogP contribution in [0.2, 0.25) is 0 Å². The maximum Gasteiger partial charge on any atom is 0.119 e. The zero-order valence-corrected chi connectivity index (χ0v) is 13.7. The van der Waals surface area contributed by atoms with Crippen molar-refractivity contribution in [1.82, 2.24) is 4.90 Å². The number of nitrogens with zero attached hydrogens (tertiary/aromatic N) is 1. The van der Waals surface area contributed by atoms with E-state index in [2.05, 4.69) is 36.1 Å². The Kier molecular flexibility index (Phi) is 5.31. The van der Waals surface area contributed by atoms with Gasteiger partial charge in [-0.05, 0) is 43.0 Å². The Labute approximate surface area is 138 Å². The molecule has 0 amide bonds. The Balaban J connectivity index is 1.54. The van der Waals surface area contributed by atoms with Crippen molar-refractivity contribution < 1.29 is 9.84 Å². The van der Waals surface area contributed by atoms with Gasteiger partial charge < -0.3 is 9.84 Å². The summed E-state index contributed by atoms with van der Waals surface area (Å²) in [4.78, 5) is 2.39. The van der Waals surface area contributed by atoms with Crippen LogP contribution in [0, 0.1) is 6.92 Å². The smallest absolute Gasteiger partial charge is 0.119 e. The van der Waals surface area contributed by atoms with E-state index >= 15 is 0 Å². The molecule has 1 fully saturated rings. The van der Waals surface area contributed by atoms with Gasteiger partial charge in [-0.2, -0.15) is 0 Å². The summed E-state index contributed by atoms with van der Waals surface area (Å²) in [5, 5.41) is 10.3. The predicted molar refractivity (Wildman–Crippen MR) is 92.6 cm³/mol. The highest BCUT2D eigenvalue weighted by Crippen LogP contribution is 2.29. The molecule has 0 saturated heterocycles. The molecule has 0 aliphatic heterocycles. The SMILES string of the molecule is Cc1ccccc1CN(C[C@H](O)COc1ccccc1)C1CC1. The van der Waals surface area contributed by atoms with Crippen LogP contribution in [0.15, 0.2) is 54.6 Å². The molecule has 0 spiro atoms. The molecule has 0 unspecified atom stereocenters. The zero-order valence-electron chi connectivity index (χ0n) is 13.7. The molecule has 3 heteroatoms. The first-order valence-electron chi connectivity index (χ1n) is 8.37. The van der Waals surface area contributed by atoms with Crippen LogP contribution in [0.5, 0.6) is 5.75 Å². The van der Waals surface area contributed by atoms with Gasteiger partial charge in [-0.3, -0.25) is 4.90 Å². The van der Waals surface area contributed by atoms with Gasteiger partial charge in [0.1, 0.15) is 18.5 Å². The maximum atomic E-state index is 10.3. The number of aliphatic hydroxyl groups is 1. The Morgan fingerprint density at radius 3 is 2.48 bits per heavy atom. The zero-order chi connectivity index (χ0) is 16.1. The fourth-order valence-electron chi connectivity index (χ4n) is 2.82. The van der Waals surface area contributed by atoms with Crippen molar-refractivity contribution >= 4 is 0 Å². The number of aryl methyl sites for hydroxylation is 1. The molecule has 1 N–H and O–H groups in total. The molecule has 0 bridgehead atoms. The van der Waals surface area contributed by atoms with E-state index in [9.17, 15) is 5.11 Å². The summed E-state index contributed by atoms with van der Waals surface area (Å²) in [6.45, 7) is 4.04. The standard InChI is InChI=1S/C20H25NO2/c1-16-7-5-6-8-17(16)13-21(18-11-12-18)14-19(22)15-23-20-9-3-2-4-10-20/h2-10,18-19,22H,11-15H2,1H3/t19-/m0/s1. The van der Waals surface area contributed by atoms with Gasteiger partial charge in [0.2, 0.25) is 0 Å². The minimum Gasteiger partial charge on any atom is -0.491 e. The van der Waals surface area contributed by atoms with Crippen LogP contribution in [0.1, 0.15) is 24.0 Å². The van der Waals surface area contributed by atoms with Crippen LogP contribution in [-0.2, 0) is 6.54 Å². The van der Waals surface area contributed by atoms with Crippen LogP contribution in [0.3, 0.4) is 0 Å². The van der Waals surface area contributed by atoms with Gasteiger partial charge in [-0.1, -0.05) is 42.5 Å². The van der Waals surface area contributed by atoms with Gasteiger partial charge >= 0.3 is 0 Å². The highest BCUT2D eigenvalue weighted by Gasteiger charge is 2.30. The van der Waals surface area contributed by atoms with Crippen molar-refractivity contribution in [2.75, 3.05) is 13.2 Å². The van der Waals surface area contributed by atoms with Crippen LogP contribution in [-0.4, -0.2) is 35.3 Å². The first-order chi connectivity index (χ1) is 11.2. The Morgan fingerprint density at radius 1 is 1.09 bits per heavy atom. The molecule has 122 valence electrons. The fourth-order valence-corrected chi connectivity index (χ4v) is 2.82. The van der Waals surface area contributed by atoms with Gasteiger partial charge in [0.15, 0.2) is 0 Å². The van der Waals surface area contributed by atoms with Crippen LogP contribution < -0.4 is 4.74 Å². The minimum atomic E-state index is -0.472. The second-order valence-corrected chi connectivity index (χ2v) is 6.36. The summed E-state index contributed by atoms with van der Waals surface area (Å²) < 4.78 is 5.67. The van der Waals surface area contributed by atoms with E-state index < -0.39 is 6.10 Å². The molecule has 0 radical (unpaired) electrons. The minimum absolute atomic E-state index is 0.334. The monoisotopic (exact) mass is 311 g/mol. The van der Waals surface area contributed by atoms with Crippen molar-refractivity contribution in [2.24, 2.45) is 0 Å². The molecule has 23 heavy (non-hydrogen) atoms. The lowest BCUT2D eigenvalue weighted by molar-refractivity contribution is 0.0626. The average Bonchev–Trinajstić information content (AvgIpc) is 3.40. The average molecular weight is 311 g/mol. The summed E-state index contributed by atoms with van der Waals surface area (Å²) in [5.41, 5.74) is 2.66. The molecule has 0 heterocycles. The lowest BCUT2D eigenvalue weighted by Gasteiger charge is -2.25. The molecule has 1 aliphatic carbocycles. The topological polar surface area (TPSA) is 32.7 Å². The fraction of sp³-hybridized carbons (Fsp3) is 0.400. The quantitative estimate of drug-likeness (QED) is 0.811. The molecule has 2 aromatic rings. The first kappa shape index (κ1) is 16.0. The molecule has 1 atom stereocenters. The van der Waals surface area contributed by atoms with Crippen molar-refractivity contribution in [2.45, 2.75) is 38.5 Å². The van der Waals surface area contributed by atoms with Crippen molar-refractivity contribution in [3.63, 3.8) is 0 Å². The second kappa shape index (κ2) is 7.62. The number of rotatable bonds is 8. The third kappa shape index (κ3) is 4.81. The normalized spacial score (nSPS) is 15.6. The third-order valence-corrected chi connectivity index (χ3v) is 4.33. The van der Waals surface area contributed by atoms with Crippen molar-refractivity contribution in [1.29, 1.82) is 0 Å². The van der Waals surface area contributed by atoms with Crippen LogP contribution >= 0.6 is 0 Å². The van der Waals surface area contributed by atoms with Gasteiger partial charge in [0.25, 0.3) is 0 Å². The molecule has 3 nitrogen and oxygen atoms in total. The Hall–Kier alpha value is -1.84. The van der Waals surface area contributed by atoms with Crippen molar-refractivity contribution in [3.8, 4) is 5.75 Å². The number of ether oxygens (including phenoxy) is 1. The molecular weight excluding hydrogens is 286 g/mol. The van der Waals surface area contributed by atoms with Crippen LogP contribution in [0.25, 0.3) is 0 Å². The lowest BCUT2D eigenvalue weighted by Crippen LogP contribution is -2.36. The van der Waals surface area contributed by atoms with Gasteiger partial charge in [0, 0.05) is 19.1 Å². The summed E-state index contributed by atoms with van der Waals surface area (Å²) >= 11 is 0. The summed E-state index contributed by atoms with van der Waals surface area (Å²) in [6, 6.07) is 18.8. The molecule has 1 saturated carbocycles. The van der Waals surface area contributed by atoms with E-state index in [1.807, 2.05) is 30.3 Å². The van der Waals surface area contributed by atoms with E-state index in [1.165, 1.54) is 24.0 Å². The van der Waals surface area contributed by atoms with Crippen molar-refractivity contribution in [3.05, 3.63) is 65.7 Å². The van der Waals surface area contributed by atoms with E-state index in [-0.39, 0.29) is 0 Å². The van der Waals surface area contributed by atoms with Gasteiger partial charge in [-0.15, -0.1) is 0 Å². The number of hydrogen-bond acceptors (Lipinski definition) is 3. The molecule has 0 aromatic heterocycles. The first-order valence-corrected chi connectivity index (χ1v) is 8.37. The highest BCUT2D eigenvalue weighted by atomic mass is 16.5. The van der Waals surface area contributed by atoms with E-state index in [4.69, 9.17) is 4.74 Å².